The fraction of sp³-hybridized carbons (Fsp3) is 0.143. The van der Waals surface area contributed by atoms with Crippen LogP contribution in [0.3, 0.4) is 0 Å². The molecule has 0 aliphatic heterocycles. The minimum atomic E-state index is 0. The third-order valence-electron chi connectivity index (χ3n) is 1.77. The number of hydrogen-bond acceptors (Lipinski definition) is 0. The molecule has 1 heteroatoms. The SMILES string of the molecule is Cc1cc[c-]cc1.Cc1cc[c-]cc1.[Fe+2]. The van der Waals surface area contributed by atoms with Crippen molar-refractivity contribution < 1.29 is 17.1 Å². The molecule has 0 radical (unpaired) electrons. The largest absolute Gasteiger partial charge is 2.00 e. The third kappa shape index (κ3) is 6.96. The van der Waals surface area contributed by atoms with E-state index in [9.17, 15) is 0 Å². The van der Waals surface area contributed by atoms with E-state index in [-0.39, 0.29) is 17.1 Å². The van der Waals surface area contributed by atoms with Crippen LogP contribution in [0.4, 0.5) is 0 Å². The van der Waals surface area contributed by atoms with E-state index >= 15 is 0 Å². The van der Waals surface area contributed by atoms with E-state index in [1.165, 1.54) is 11.1 Å². The van der Waals surface area contributed by atoms with Gasteiger partial charge in [0.25, 0.3) is 0 Å². The quantitative estimate of drug-likeness (QED) is 0.486. The summed E-state index contributed by atoms with van der Waals surface area (Å²) in [5, 5.41) is 0. The van der Waals surface area contributed by atoms with Gasteiger partial charge in [0.2, 0.25) is 0 Å². The molecular weight excluding hydrogens is 224 g/mol. The van der Waals surface area contributed by atoms with E-state index in [0.717, 1.165) is 0 Å². The molecule has 0 aromatic heterocycles. The molecule has 0 saturated heterocycles. The zero-order chi connectivity index (χ0) is 10.2. The molecule has 0 aliphatic carbocycles. The van der Waals surface area contributed by atoms with Crippen LogP contribution in [-0.2, 0) is 17.1 Å². The van der Waals surface area contributed by atoms with Crippen molar-refractivity contribution in [3.05, 3.63) is 71.8 Å². The van der Waals surface area contributed by atoms with Crippen LogP contribution in [0.5, 0.6) is 0 Å². The second-order valence-corrected chi connectivity index (χ2v) is 3.15. The molecule has 15 heavy (non-hydrogen) atoms. The average molecular weight is 238 g/mol. The van der Waals surface area contributed by atoms with Gasteiger partial charge in [-0.3, -0.25) is 0 Å². The predicted molar refractivity (Wildman–Crippen MR) is 60.0 cm³/mol. The van der Waals surface area contributed by atoms with Gasteiger partial charge in [0.1, 0.15) is 0 Å². The van der Waals surface area contributed by atoms with E-state index in [0.29, 0.717) is 0 Å². The van der Waals surface area contributed by atoms with Gasteiger partial charge in [0.15, 0.2) is 0 Å². The normalized spacial score (nSPS) is 8.13. The molecular formula is C14H14Fe. The summed E-state index contributed by atoms with van der Waals surface area (Å²) in [6.45, 7) is 4.13. The van der Waals surface area contributed by atoms with Crippen LogP contribution in [0.1, 0.15) is 11.1 Å². The van der Waals surface area contributed by atoms with Crippen LogP contribution < -0.4 is 0 Å². The molecule has 0 atom stereocenters. The predicted octanol–water partition coefficient (Wildman–Crippen LogP) is 3.59. The van der Waals surface area contributed by atoms with E-state index in [1.807, 2.05) is 48.5 Å². The molecule has 0 bridgehead atoms. The summed E-state index contributed by atoms with van der Waals surface area (Å²) in [6, 6.07) is 21.6. The van der Waals surface area contributed by atoms with Crippen molar-refractivity contribution in [3.63, 3.8) is 0 Å². The van der Waals surface area contributed by atoms with Crippen LogP contribution in [0.15, 0.2) is 48.5 Å². The Balaban J connectivity index is 0.000000245. The Bertz CT molecular complexity index is 303. The summed E-state index contributed by atoms with van der Waals surface area (Å²) in [6.07, 6.45) is 0. The summed E-state index contributed by atoms with van der Waals surface area (Å²) in [5.41, 5.74) is 2.58. The van der Waals surface area contributed by atoms with Crippen LogP contribution >= 0.6 is 0 Å². The van der Waals surface area contributed by atoms with E-state index < -0.39 is 0 Å². The zero-order valence-corrected chi connectivity index (χ0v) is 10.1. The second-order valence-electron chi connectivity index (χ2n) is 3.15. The maximum atomic E-state index is 2.93. The molecule has 0 spiro atoms. The minimum Gasteiger partial charge on any atom is -0.184 e. The van der Waals surface area contributed by atoms with Crippen molar-refractivity contribution in [1.29, 1.82) is 0 Å². The zero-order valence-electron chi connectivity index (χ0n) is 8.97. The monoisotopic (exact) mass is 238 g/mol. The van der Waals surface area contributed by atoms with Gasteiger partial charge in [-0.25, -0.2) is 0 Å². The second kappa shape index (κ2) is 8.28. The molecule has 0 amide bonds. The average Bonchev–Trinajstić information content (AvgIpc) is 2.21. The summed E-state index contributed by atoms with van der Waals surface area (Å²) >= 11 is 0. The van der Waals surface area contributed by atoms with Crippen LogP contribution in [-0.4, -0.2) is 0 Å². The number of hydrogen-bond donors (Lipinski definition) is 0. The summed E-state index contributed by atoms with van der Waals surface area (Å²) < 4.78 is 0. The first-order valence-corrected chi connectivity index (χ1v) is 4.64. The molecule has 2 rings (SSSR count). The minimum absolute atomic E-state index is 0. The molecule has 78 valence electrons. The molecule has 0 unspecified atom stereocenters. The Morgan fingerprint density at radius 2 is 0.933 bits per heavy atom. The molecule has 0 nitrogen and oxygen atoms in total. The maximum Gasteiger partial charge on any atom is 2.00 e. The van der Waals surface area contributed by atoms with Gasteiger partial charge in [0.05, 0.1) is 0 Å². The Kier molecular flexibility index (Phi) is 7.71. The van der Waals surface area contributed by atoms with Crippen molar-refractivity contribution in [1.82, 2.24) is 0 Å². The Labute approximate surface area is 103 Å². The van der Waals surface area contributed by atoms with Crippen molar-refractivity contribution >= 4 is 0 Å². The molecule has 2 aromatic rings. The summed E-state index contributed by atoms with van der Waals surface area (Å²) in [5.74, 6) is 0. The van der Waals surface area contributed by atoms with Crippen molar-refractivity contribution in [2.24, 2.45) is 0 Å². The van der Waals surface area contributed by atoms with Crippen molar-refractivity contribution in [2.45, 2.75) is 13.8 Å². The first-order valence-electron chi connectivity index (χ1n) is 4.64. The first kappa shape index (κ1) is 14.0. The smallest absolute Gasteiger partial charge is 0.184 e. The standard InChI is InChI=1S/2C7H7.Fe/c2*1-7-5-3-2-4-6-7;/h2*3-6H,1H3;/q2*-1;+2. The number of benzene rings is 2. The Hall–Kier alpha value is -1.04. The molecule has 2 aromatic carbocycles. The van der Waals surface area contributed by atoms with E-state index in [2.05, 4.69) is 26.0 Å². The Morgan fingerprint density at radius 1 is 0.667 bits per heavy atom. The fourth-order valence-corrected chi connectivity index (χ4v) is 0.940. The first-order chi connectivity index (χ1) is 6.79. The maximum absolute atomic E-state index is 2.93. The van der Waals surface area contributed by atoms with Crippen molar-refractivity contribution in [3.8, 4) is 0 Å². The van der Waals surface area contributed by atoms with Crippen molar-refractivity contribution in [2.75, 3.05) is 0 Å². The van der Waals surface area contributed by atoms with Gasteiger partial charge in [-0.1, -0.05) is 13.8 Å². The molecule has 0 aliphatic rings. The van der Waals surface area contributed by atoms with Gasteiger partial charge in [-0.2, -0.15) is 71.8 Å². The molecule has 0 fully saturated rings. The van der Waals surface area contributed by atoms with E-state index in [1.54, 1.807) is 0 Å². The Morgan fingerprint density at radius 3 is 1.07 bits per heavy atom. The fourth-order valence-electron chi connectivity index (χ4n) is 0.940. The van der Waals surface area contributed by atoms with Gasteiger partial charge in [-0.15, -0.1) is 0 Å². The third-order valence-corrected chi connectivity index (χ3v) is 1.77. The molecule has 0 heterocycles. The topological polar surface area (TPSA) is 0 Å². The summed E-state index contributed by atoms with van der Waals surface area (Å²) in [4.78, 5) is 0. The van der Waals surface area contributed by atoms with Crippen LogP contribution in [0, 0.1) is 26.0 Å². The van der Waals surface area contributed by atoms with Gasteiger partial charge < -0.3 is 0 Å². The molecule has 0 N–H and O–H groups in total. The van der Waals surface area contributed by atoms with Crippen LogP contribution in [0.2, 0.25) is 0 Å². The molecule has 0 saturated carbocycles. The van der Waals surface area contributed by atoms with Crippen LogP contribution in [0.25, 0.3) is 0 Å². The van der Waals surface area contributed by atoms with E-state index in [4.69, 9.17) is 0 Å². The number of rotatable bonds is 0. The van der Waals surface area contributed by atoms with Gasteiger partial charge in [0, 0.05) is 0 Å². The number of aryl methyl sites for hydroxylation is 2. The van der Waals surface area contributed by atoms with Gasteiger partial charge >= 0.3 is 17.1 Å². The van der Waals surface area contributed by atoms with Gasteiger partial charge in [-0.05, 0) is 0 Å². The summed E-state index contributed by atoms with van der Waals surface area (Å²) in [7, 11) is 0.